The number of methoxy groups -OCH3 is 1. The molecule has 0 atom stereocenters. The summed E-state index contributed by atoms with van der Waals surface area (Å²) in [4.78, 5) is 20.8. The Morgan fingerprint density at radius 2 is 2.18 bits per heavy atom. The van der Waals surface area contributed by atoms with E-state index in [9.17, 15) is 9.59 Å². The SMILES string of the molecule is C.COC(=O)NC1(C=O)CC1. The number of carbonyl (C=O) groups excluding carboxylic acids is 2. The van der Waals surface area contributed by atoms with Gasteiger partial charge in [0.25, 0.3) is 0 Å². The van der Waals surface area contributed by atoms with E-state index >= 15 is 0 Å². The number of hydrogen-bond donors (Lipinski definition) is 1. The van der Waals surface area contributed by atoms with Crippen molar-refractivity contribution in [3.63, 3.8) is 0 Å². The summed E-state index contributed by atoms with van der Waals surface area (Å²) in [5.41, 5.74) is -0.590. The topological polar surface area (TPSA) is 55.4 Å². The molecule has 0 saturated heterocycles. The van der Waals surface area contributed by atoms with E-state index in [2.05, 4.69) is 10.1 Å². The van der Waals surface area contributed by atoms with Crippen LogP contribution in [0.1, 0.15) is 20.3 Å². The van der Waals surface area contributed by atoms with Crippen molar-refractivity contribution < 1.29 is 14.3 Å². The van der Waals surface area contributed by atoms with Crippen LogP contribution in [-0.2, 0) is 9.53 Å². The summed E-state index contributed by atoms with van der Waals surface area (Å²) < 4.78 is 4.32. The Bertz CT molecular complexity index is 163. The molecule has 1 amide bonds. The van der Waals surface area contributed by atoms with Gasteiger partial charge in [0.1, 0.15) is 6.29 Å². The van der Waals surface area contributed by atoms with Gasteiger partial charge in [-0.15, -0.1) is 0 Å². The molecule has 1 aliphatic rings. The number of alkyl carbamates (subject to hydrolysis) is 1. The molecule has 0 aromatic rings. The highest BCUT2D eigenvalue weighted by Gasteiger charge is 2.44. The molecular weight excluding hydrogens is 146 g/mol. The van der Waals surface area contributed by atoms with E-state index in [4.69, 9.17) is 0 Å². The van der Waals surface area contributed by atoms with Crippen molar-refractivity contribution >= 4 is 12.4 Å². The first kappa shape index (κ1) is 9.94. The highest BCUT2D eigenvalue weighted by atomic mass is 16.5. The van der Waals surface area contributed by atoms with Crippen LogP contribution in [0.4, 0.5) is 4.79 Å². The molecule has 11 heavy (non-hydrogen) atoms. The minimum Gasteiger partial charge on any atom is -0.453 e. The third kappa shape index (κ3) is 2.22. The Kier molecular flexibility index (Phi) is 3.04. The summed E-state index contributed by atoms with van der Waals surface area (Å²) in [5.74, 6) is 0. The first-order valence-electron chi connectivity index (χ1n) is 3.05. The van der Waals surface area contributed by atoms with Crippen molar-refractivity contribution in [3.05, 3.63) is 0 Å². The van der Waals surface area contributed by atoms with Gasteiger partial charge in [-0.2, -0.15) is 0 Å². The van der Waals surface area contributed by atoms with Crippen LogP contribution < -0.4 is 5.32 Å². The molecule has 0 bridgehead atoms. The predicted octanol–water partition coefficient (Wildman–Crippen LogP) is 0.710. The molecule has 1 aliphatic carbocycles. The maximum Gasteiger partial charge on any atom is 0.407 e. The molecule has 1 fully saturated rings. The molecular formula is C7H13NO3. The van der Waals surface area contributed by atoms with Crippen LogP contribution in [0.2, 0.25) is 0 Å². The molecule has 0 unspecified atom stereocenters. The quantitative estimate of drug-likeness (QED) is 0.604. The maximum atomic E-state index is 10.5. The fraction of sp³-hybridized carbons (Fsp3) is 0.714. The van der Waals surface area contributed by atoms with E-state index in [1.807, 2.05) is 0 Å². The fourth-order valence-electron chi connectivity index (χ4n) is 0.661. The smallest absolute Gasteiger partial charge is 0.407 e. The highest BCUT2D eigenvalue weighted by Crippen LogP contribution is 2.32. The summed E-state index contributed by atoms with van der Waals surface area (Å²) in [6.45, 7) is 0. The van der Waals surface area contributed by atoms with E-state index in [1.165, 1.54) is 7.11 Å². The van der Waals surface area contributed by atoms with Crippen LogP contribution in [-0.4, -0.2) is 25.0 Å². The third-order valence-electron chi connectivity index (χ3n) is 1.55. The number of amides is 1. The van der Waals surface area contributed by atoms with Gasteiger partial charge in [-0.3, -0.25) is 0 Å². The van der Waals surface area contributed by atoms with Gasteiger partial charge in [-0.1, -0.05) is 7.43 Å². The van der Waals surface area contributed by atoms with Crippen LogP contribution in [0.3, 0.4) is 0 Å². The lowest BCUT2D eigenvalue weighted by atomic mass is 10.3. The van der Waals surface area contributed by atoms with E-state index in [1.54, 1.807) is 0 Å². The van der Waals surface area contributed by atoms with Crippen LogP contribution in [0, 0.1) is 0 Å². The number of ether oxygens (including phenoxy) is 1. The lowest BCUT2D eigenvalue weighted by Crippen LogP contribution is -2.37. The van der Waals surface area contributed by atoms with Gasteiger partial charge < -0.3 is 14.8 Å². The summed E-state index contributed by atoms with van der Waals surface area (Å²) in [6, 6.07) is 0. The van der Waals surface area contributed by atoms with Gasteiger partial charge in [-0.25, -0.2) is 4.79 Å². The zero-order valence-corrected chi connectivity index (χ0v) is 5.72. The van der Waals surface area contributed by atoms with E-state index in [0.717, 1.165) is 19.1 Å². The third-order valence-corrected chi connectivity index (χ3v) is 1.55. The zero-order valence-electron chi connectivity index (χ0n) is 5.72. The molecule has 1 saturated carbocycles. The zero-order chi connectivity index (χ0) is 7.61. The van der Waals surface area contributed by atoms with Gasteiger partial charge in [0.05, 0.1) is 12.6 Å². The van der Waals surface area contributed by atoms with Gasteiger partial charge in [0, 0.05) is 0 Å². The second kappa shape index (κ2) is 3.37. The fourth-order valence-corrected chi connectivity index (χ4v) is 0.661. The Morgan fingerprint density at radius 3 is 2.45 bits per heavy atom. The Hall–Kier alpha value is -1.06. The van der Waals surface area contributed by atoms with E-state index < -0.39 is 11.6 Å². The number of nitrogens with one attached hydrogen (secondary N) is 1. The Labute approximate surface area is 65.9 Å². The van der Waals surface area contributed by atoms with E-state index in [-0.39, 0.29) is 7.43 Å². The minimum atomic E-state index is -0.590. The molecule has 0 radical (unpaired) electrons. The first-order valence-corrected chi connectivity index (χ1v) is 3.05. The molecule has 4 heteroatoms. The molecule has 1 rings (SSSR count). The van der Waals surface area contributed by atoms with E-state index in [0.29, 0.717) is 0 Å². The van der Waals surface area contributed by atoms with Gasteiger partial charge in [0.2, 0.25) is 0 Å². The van der Waals surface area contributed by atoms with Crippen molar-refractivity contribution in [1.82, 2.24) is 5.32 Å². The van der Waals surface area contributed by atoms with Crippen molar-refractivity contribution in [1.29, 1.82) is 0 Å². The van der Waals surface area contributed by atoms with Crippen LogP contribution in [0.15, 0.2) is 0 Å². The van der Waals surface area contributed by atoms with Crippen molar-refractivity contribution in [2.45, 2.75) is 25.8 Å². The van der Waals surface area contributed by atoms with Crippen LogP contribution in [0.25, 0.3) is 0 Å². The maximum absolute atomic E-state index is 10.5. The molecule has 64 valence electrons. The molecule has 0 aromatic carbocycles. The van der Waals surface area contributed by atoms with Crippen molar-refractivity contribution in [2.24, 2.45) is 0 Å². The summed E-state index contributed by atoms with van der Waals surface area (Å²) in [6.07, 6.45) is 1.67. The van der Waals surface area contributed by atoms with Crippen molar-refractivity contribution in [2.75, 3.05) is 7.11 Å². The first-order chi connectivity index (χ1) is 4.72. The average molecular weight is 159 g/mol. The molecule has 4 nitrogen and oxygen atoms in total. The second-order valence-electron chi connectivity index (χ2n) is 2.39. The highest BCUT2D eigenvalue weighted by molar-refractivity contribution is 5.78. The van der Waals surface area contributed by atoms with Crippen LogP contribution in [0.5, 0.6) is 0 Å². The Balaban J connectivity index is 0.000001000. The van der Waals surface area contributed by atoms with Crippen molar-refractivity contribution in [3.8, 4) is 0 Å². The average Bonchev–Trinajstić information content (AvgIpc) is 2.70. The normalized spacial score (nSPS) is 17.5. The molecule has 0 spiro atoms. The second-order valence-corrected chi connectivity index (χ2v) is 2.39. The lowest BCUT2D eigenvalue weighted by molar-refractivity contribution is -0.110. The number of hydrogen-bond acceptors (Lipinski definition) is 3. The predicted molar refractivity (Wildman–Crippen MR) is 40.3 cm³/mol. The number of rotatable bonds is 2. The monoisotopic (exact) mass is 159 g/mol. The van der Waals surface area contributed by atoms with Gasteiger partial charge in [0.15, 0.2) is 0 Å². The summed E-state index contributed by atoms with van der Waals surface area (Å²) >= 11 is 0. The Morgan fingerprint density at radius 1 is 1.64 bits per heavy atom. The number of carbonyl (C=O) groups is 2. The lowest BCUT2D eigenvalue weighted by Gasteiger charge is -2.07. The standard InChI is InChI=1S/C6H9NO3.CH4/c1-10-5(9)7-6(4-8)2-3-6;/h4H,2-3H2,1H3,(H,7,9);1H4. The summed E-state index contributed by atoms with van der Waals surface area (Å²) in [7, 11) is 1.27. The van der Waals surface area contributed by atoms with Gasteiger partial charge in [-0.05, 0) is 12.8 Å². The van der Waals surface area contributed by atoms with Gasteiger partial charge >= 0.3 is 6.09 Å². The molecule has 0 aliphatic heterocycles. The molecule has 1 N–H and O–H groups in total. The molecule has 0 heterocycles. The molecule has 0 aromatic heterocycles. The summed E-state index contributed by atoms with van der Waals surface area (Å²) in [5, 5.41) is 2.44. The largest absolute Gasteiger partial charge is 0.453 e. The minimum absolute atomic E-state index is 0. The number of aldehydes is 1. The van der Waals surface area contributed by atoms with Crippen LogP contribution >= 0.6 is 0 Å².